The molecule has 0 heterocycles. The van der Waals surface area contributed by atoms with Gasteiger partial charge in [0.15, 0.2) is 0 Å². The van der Waals surface area contributed by atoms with E-state index >= 15 is 0 Å². The maximum atomic E-state index is 13.3. The molecule has 8 heteroatoms. The third-order valence-electron chi connectivity index (χ3n) is 1.73. The van der Waals surface area contributed by atoms with Crippen LogP contribution in [0.3, 0.4) is 0 Å². The fourth-order valence-electron chi connectivity index (χ4n) is 1.00. The third-order valence-corrected chi connectivity index (χ3v) is 3.30. The average molecular weight is 373 g/mol. The van der Waals surface area contributed by atoms with Crippen molar-refractivity contribution in [1.82, 2.24) is 0 Å². The van der Waals surface area contributed by atoms with Gasteiger partial charge in [0, 0.05) is 3.57 Å². The zero-order valence-electron chi connectivity index (χ0n) is 8.35. The van der Waals surface area contributed by atoms with Crippen LogP contribution >= 0.6 is 22.6 Å². The topological polar surface area (TPSA) is 83.5 Å². The van der Waals surface area contributed by atoms with E-state index in [1.807, 2.05) is 0 Å². The molecule has 0 amide bonds. The molecule has 0 saturated heterocycles. The van der Waals surface area contributed by atoms with E-state index in [1.54, 1.807) is 22.6 Å². The number of benzene rings is 1. The molecular formula is C9H7FIO5S-. The quantitative estimate of drug-likeness (QED) is 0.449. The van der Waals surface area contributed by atoms with E-state index in [-0.39, 0.29) is 5.56 Å². The second-order valence-corrected chi connectivity index (χ2v) is 5.68. The second kappa shape index (κ2) is 5.74. The van der Waals surface area contributed by atoms with Gasteiger partial charge in [-0.05, 0) is 34.7 Å². The molecule has 0 aliphatic rings. The molecular weight excluding hydrogens is 366 g/mol. The van der Waals surface area contributed by atoms with Crippen LogP contribution in [-0.4, -0.2) is 31.3 Å². The van der Waals surface area contributed by atoms with Crippen molar-refractivity contribution < 1.29 is 26.9 Å². The highest BCUT2D eigenvalue weighted by atomic mass is 127. The van der Waals surface area contributed by atoms with E-state index in [9.17, 15) is 22.2 Å². The number of esters is 1. The SMILES string of the molecule is O=C(OCCS(=O)(=O)[O-])c1c(F)cccc1I. The lowest BCUT2D eigenvalue weighted by Gasteiger charge is -2.09. The molecule has 94 valence electrons. The molecule has 0 saturated carbocycles. The zero-order valence-corrected chi connectivity index (χ0v) is 11.3. The number of halogens is 2. The van der Waals surface area contributed by atoms with Crippen molar-refractivity contribution in [2.45, 2.75) is 0 Å². The average Bonchev–Trinajstić information content (AvgIpc) is 2.15. The van der Waals surface area contributed by atoms with E-state index in [0.29, 0.717) is 3.57 Å². The molecule has 0 aliphatic carbocycles. The van der Waals surface area contributed by atoms with Crippen molar-refractivity contribution in [2.75, 3.05) is 12.4 Å². The lowest BCUT2D eigenvalue weighted by Crippen LogP contribution is -2.16. The molecule has 1 aromatic rings. The highest BCUT2D eigenvalue weighted by Crippen LogP contribution is 2.16. The van der Waals surface area contributed by atoms with Crippen molar-refractivity contribution in [3.63, 3.8) is 0 Å². The lowest BCUT2D eigenvalue weighted by molar-refractivity contribution is 0.0521. The highest BCUT2D eigenvalue weighted by molar-refractivity contribution is 14.1. The predicted octanol–water partition coefficient (Wildman–Crippen LogP) is 1.13. The molecule has 0 aromatic heterocycles. The molecule has 0 bridgehead atoms. The summed E-state index contributed by atoms with van der Waals surface area (Å²) in [7, 11) is -4.45. The zero-order chi connectivity index (χ0) is 13.1. The van der Waals surface area contributed by atoms with E-state index in [4.69, 9.17) is 0 Å². The van der Waals surface area contributed by atoms with Crippen LogP contribution in [0.25, 0.3) is 0 Å². The van der Waals surface area contributed by atoms with Crippen molar-refractivity contribution >= 4 is 38.7 Å². The second-order valence-electron chi connectivity index (χ2n) is 2.99. The Kier molecular flexibility index (Phi) is 4.83. The molecule has 0 N–H and O–H groups in total. The minimum Gasteiger partial charge on any atom is -0.748 e. The molecule has 0 unspecified atom stereocenters. The Morgan fingerprint density at radius 2 is 2.12 bits per heavy atom. The van der Waals surface area contributed by atoms with Crippen LogP contribution < -0.4 is 0 Å². The van der Waals surface area contributed by atoms with Crippen LogP contribution in [0.4, 0.5) is 4.39 Å². The molecule has 1 aromatic carbocycles. The Morgan fingerprint density at radius 1 is 1.47 bits per heavy atom. The van der Waals surface area contributed by atoms with Gasteiger partial charge in [-0.15, -0.1) is 0 Å². The molecule has 17 heavy (non-hydrogen) atoms. The van der Waals surface area contributed by atoms with Gasteiger partial charge in [-0.1, -0.05) is 6.07 Å². The summed E-state index contributed by atoms with van der Waals surface area (Å²) in [6.07, 6.45) is 0. The fourth-order valence-corrected chi connectivity index (χ4v) is 1.97. The van der Waals surface area contributed by atoms with Gasteiger partial charge < -0.3 is 9.29 Å². The summed E-state index contributed by atoms with van der Waals surface area (Å²) in [6.45, 7) is -0.588. The minimum absolute atomic E-state index is 0.267. The van der Waals surface area contributed by atoms with Crippen LogP contribution in [0.15, 0.2) is 18.2 Å². The Morgan fingerprint density at radius 3 is 2.65 bits per heavy atom. The van der Waals surface area contributed by atoms with E-state index < -0.39 is 34.3 Å². The number of ether oxygens (including phenoxy) is 1. The van der Waals surface area contributed by atoms with Crippen LogP contribution in [0.2, 0.25) is 0 Å². The van der Waals surface area contributed by atoms with Gasteiger partial charge in [-0.25, -0.2) is 17.6 Å². The van der Waals surface area contributed by atoms with Crippen molar-refractivity contribution in [3.05, 3.63) is 33.1 Å². The summed E-state index contributed by atoms with van der Waals surface area (Å²) in [5.41, 5.74) is -0.267. The number of hydrogen-bond acceptors (Lipinski definition) is 5. The Balaban J connectivity index is 2.71. The molecule has 0 aliphatic heterocycles. The number of rotatable bonds is 4. The van der Waals surface area contributed by atoms with E-state index in [0.717, 1.165) is 6.07 Å². The monoisotopic (exact) mass is 373 g/mol. The Hall–Kier alpha value is -0.740. The molecule has 0 radical (unpaired) electrons. The van der Waals surface area contributed by atoms with Crippen molar-refractivity contribution in [1.29, 1.82) is 0 Å². The van der Waals surface area contributed by atoms with Crippen LogP contribution in [0, 0.1) is 9.39 Å². The van der Waals surface area contributed by atoms with Crippen LogP contribution in [0.1, 0.15) is 10.4 Å². The largest absolute Gasteiger partial charge is 0.748 e. The van der Waals surface area contributed by atoms with Crippen molar-refractivity contribution in [3.8, 4) is 0 Å². The maximum Gasteiger partial charge on any atom is 0.342 e. The summed E-state index contributed by atoms with van der Waals surface area (Å²) in [5, 5.41) is 0. The van der Waals surface area contributed by atoms with Gasteiger partial charge in [0.1, 0.15) is 18.0 Å². The third kappa shape index (κ3) is 4.56. The number of hydrogen-bond donors (Lipinski definition) is 0. The fraction of sp³-hybridized carbons (Fsp3) is 0.222. The standard InChI is InChI=1S/C9H8FIO5S/c10-6-2-1-3-7(11)8(6)9(12)16-4-5-17(13,14)15/h1-3H,4-5H2,(H,13,14,15)/p-1. The van der Waals surface area contributed by atoms with Gasteiger partial charge in [-0.3, -0.25) is 0 Å². The van der Waals surface area contributed by atoms with Gasteiger partial charge in [-0.2, -0.15) is 0 Å². The summed E-state index contributed by atoms with van der Waals surface area (Å²) >= 11 is 1.75. The summed E-state index contributed by atoms with van der Waals surface area (Å²) in [6, 6.07) is 4.02. The van der Waals surface area contributed by atoms with Gasteiger partial charge >= 0.3 is 5.97 Å². The predicted molar refractivity (Wildman–Crippen MR) is 64.0 cm³/mol. The lowest BCUT2D eigenvalue weighted by atomic mass is 10.2. The summed E-state index contributed by atoms with van der Waals surface area (Å²) in [4.78, 5) is 11.4. The van der Waals surface area contributed by atoms with Gasteiger partial charge in [0.05, 0.1) is 15.9 Å². The van der Waals surface area contributed by atoms with E-state index in [2.05, 4.69) is 4.74 Å². The number of carbonyl (C=O) groups excluding carboxylic acids is 1. The first-order valence-corrected chi connectivity index (χ1v) is 7.01. The summed E-state index contributed by atoms with van der Waals surface area (Å²) < 4.78 is 48.9. The first-order chi connectivity index (χ1) is 7.81. The van der Waals surface area contributed by atoms with Gasteiger partial charge in [0.25, 0.3) is 0 Å². The highest BCUT2D eigenvalue weighted by Gasteiger charge is 2.16. The number of carbonyl (C=O) groups is 1. The maximum absolute atomic E-state index is 13.3. The first kappa shape index (κ1) is 14.3. The van der Waals surface area contributed by atoms with Crippen LogP contribution in [-0.2, 0) is 14.9 Å². The molecule has 0 atom stereocenters. The van der Waals surface area contributed by atoms with E-state index in [1.165, 1.54) is 12.1 Å². The summed E-state index contributed by atoms with van der Waals surface area (Å²) in [5.74, 6) is -2.58. The van der Waals surface area contributed by atoms with Crippen LogP contribution in [0.5, 0.6) is 0 Å². The minimum atomic E-state index is -4.45. The molecule has 1 rings (SSSR count). The van der Waals surface area contributed by atoms with Gasteiger partial charge in [0.2, 0.25) is 0 Å². The molecule has 0 fully saturated rings. The molecule has 0 spiro atoms. The normalized spacial score (nSPS) is 11.2. The van der Waals surface area contributed by atoms with Crippen molar-refractivity contribution in [2.24, 2.45) is 0 Å². The smallest absolute Gasteiger partial charge is 0.342 e. The molecule has 5 nitrogen and oxygen atoms in total. The first-order valence-electron chi connectivity index (χ1n) is 4.36. The Labute approximate surface area is 111 Å². The Bertz CT molecular complexity index is 508.